The number of rotatable bonds is 14. The summed E-state index contributed by atoms with van der Waals surface area (Å²) in [5, 5.41) is 0. The van der Waals surface area contributed by atoms with E-state index in [-0.39, 0.29) is 12.8 Å². The second-order valence-corrected chi connectivity index (χ2v) is 6.23. The molecule has 0 aliphatic carbocycles. The van der Waals surface area contributed by atoms with Crippen LogP contribution in [-0.2, 0) is 14.2 Å². The van der Waals surface area contributed by atoms with Gasteiger partial charge in [0.2, 0.25) is 0 Å². The number of ether oxygens (including phenoxy) is 3. The Kier molecular flexibility index (Phi) is 17.3. The molecule has 0 aromatic heterocycles. The highest BCUT2D eigenvalue weighted by atomic mass is 127. The summed E-state index contributed by atoms with van der Waals surface area (Å²) in [6.07, 6.45) is 3.52. The highest BCUT2D eigenvalue weighted by Gasteiger charge is 1.98. The summed E-state index contributed by atoms with van der Waals surface area (Å²) in [7, 11) is 0. The SMILES string of the molecule is FC(=COC=C(F)CCCOCCI)CCCOCCI. The summed E-state index contributed by atoms with van der Waals surface area (Å²) >= 11 is 4.42. The number of allylic oxidation sites excluding steroid dienone is 2. The van der Waals surface area contributed by atoms with Crippen molar-refractivity contribution in [1.29, 1.82) is 0 Å². The highest BCUT2D eigenvalue weighted by Crippen LogP contribution is 2.10. The van der Waals surface area contributed by atoms with E-state index in [1.165, 1.54) is 0 Å². The molecule has 0 unspecified atom stereocenters. The van der Waals surface area contributed by atoms with E-state index in [0.29, 0.717) is 39.3 Å². The topological polar surface area (TPSA) is 27.7 Å². The summed E-state index contributed by atoms with van der Waals surface area (Å²) in [5.74, 6) is -0.829. The lowest BCUT2D eigenvalue weighted by atomic mass is 10.3. The third-order valence-electron chi connectivity index (χ3n) is 2.24. The lowest BCUT2D eigenvalue weighted by molar-refractivity contribution is 0.147. The first-order valence-corrected chi connectivity index (χ1v) is 9.87. The van der Waals surface area contributed by atoms with E-state index in [2.05, 4.69) is 45.2 Å². The number of hydrogen-bond donors (Lipinski definition) is 0. The molecule has 7 heteroatoms. The Labute approximate surface area is 152 Å². The fourth-order valence-corrected chi connectivity index (χ4v) is 1.92. The highest BCUT2D eigenvalue weighted by molar-refractivity contribution is 14.1. The molecular weight excluding hydrogens is 508 g/mol. The van der Waals surface area contributed by atoms with Gasteiger partial charge in [0.25, 0.3) is 0 Å². The molecule has 0 amide bonds. The first-order valence-electron chi connectivity index (χ1n) is 6.82. The molecule has 0 atom stereocenters. The third kappa shape index (κ3) is 16.7. The van der Waals surface area contributed by atoms with Crippen molar-refractivity contribution in [2.75, 3.05) is 35.3 Å². The molecule has 0 rings (SSSR count). The maximum atomic E-state index is 13.3. The van der Waals surface area contributed by atoms with E-state index < -0.39 is 11.7 Å². The Morgan fingerprint density at radius 1 is 0.762 bits per heavy atom. The zero-order valence-electron chi connectivity index (χ0n) is 12.0. The van der Waals surface area contributed by atoms with Crippen LogP contribution >= 0.6 is 45.2 Å². The Bertz CT molecular complexity index is 272. The van der Waals surface area contributed by atoms with E-state index in [1.54, 1.807) is 0 Å². The van der Waals surface area contributed by atoms with Gasteiger partial charge in [-0.05, 0) is 12.8 Å². The Hall–Kier alpha value is 0.520. The second-order valence-electron chi connectivity index (χ2n) is 4.08. The van der Waals surface area contributed by atoms with Gasteiger partial charge in [-0.25, -0.2) is 8.78 Å². The molecule has 0 radical (unpaired) electrons. The number of alkyl halides is 2. The van der Waals surface area contributed by atoms with Crippen LogP contribution in [0.5, 0.6) is 0 Å². The Morgan fingerprint density at radius 2 is 1.19 bits per heavy atom. The van der Waals surface area contributed by atoms with E-state index in [1.807, 2.05) is 0 Å². The molecule has 0 heterocycles. The second kappa shape index (κ2) is 16.9. The van der Waals surface area contributed by atoms with Crippen molar-refractivity contribution in [1.82, 2.24) is 0 Å². The first kappa shape index (κ1) is 21.5. The van der Waals surface area contributed by atoms with Gasteiger partial charge >= 0.3 is 0 Å². The van der Waals surface area contributed by atoms with E-state index in [0.717, 1.165) is 21.4 Å². The van der Waals surface area contributed by atoms with Gasteiger partial charge in [0.05, 0.1) is 13.2 Å². The molecule has 0 spiro atoms. The molecule has 0 aliphatic rings. The molecule has 124 valence electrons. The van der Waals surface area contributed by atoms with Crippen molar-refractivity contribution in [3.8, 4) is 0 Å². The normalized spacial score (nSPS) is 12.8. The maximum absolute atomic E-state index is 13.3. The van der Waals surface area contributed by atoms with Crippen LogP contribution in [0, 0.1) is 0 Å². The molecule has 0 fully saturated rings. The quantitative estimate of drug-likeness (QED) is 0.136. The summed E-state index contributed by atoms with van der Waals surface area (Å²) in [6.45, 7) is 2.40. The van der Waals surface area contributed by atoms with Crippen LogP contribution in [0.4, 0.5) is 8.78 Å². The molecule has 0 aliphatic heterocycles. The van der Waals surface area contributed by atoms with Crippen LogP contribution < -0.4 is 0 Å². The van der Waals surface area contributed by atoms with Gasteiger partial charge in [0.15, 0.2) is 0 Å². The number of hydrogen-bond acceptors (Lipinski definition) is 3. The summed E-state index contributed by atoms with van der Waals surface area (Å²) in [5.41, 5.74) is 0. The van der Waals surface area contributed by atoms with Gasteiger partial charge in [0.1, 0.15) is 24.2 Å². The standard InChI is InChI=1S/C14H22F2I2O3/c15-13(3-1-7-19-9-5-17)11-21-12-14(16)4-2-8-20-10-6-18/h11-12H,1-10H2. The lowest BCUT2D eigenvalue weighted by Crippen LogP contribution is -1.97. The summed E-state index contributed by atoms with van der Waals surface area (Å²) in [4.78, 5) is 0. The van der Waals surface area contributed by atoms with Crippen LogP contribution in [0.1, 0.15) is 25.7 Å². The van der Waals surface area contributed by atoms with Gasteiger partial charge < -0.3 is 14.2 Å². The zero-order valence-corrected chi connectivity index (χ0v) is 16.3. The van der Waals surface area contributed by atoms with E-state index >= 15 is 0 Å². The minimum Gasteiger partial charge on any atom is -0.467 e. The predicted octanol–water partition coefficient (Wildman–Crippen LogP) is 5.09. The monoisotopic (exact) mass is 530 g/mol. The van der Waals surface area contributed by atoms with Crippen molar-refractivity contribution in [2.45, 2.75) is 25.7 Å². The lowest BCUT2D eigenvalue weighted by Gasteiger charge is -2.01. The molecule has 0 aromatic rings. The van der Waals surface area contributed by atoms with Crippen molar-refractivity contribution < 1.29 is 23.0 Å². The average Bonchev–Trinajstić information content (AvgIpc) is 2.47. The fraction of sp³-hybridized carbons (Fsp3) is 0.714. The minimum atomic E-state index is -0.414. The van der Waals surface area contributed by atoms with Crippen LogP contribution in [-0.4, -0.2) is 35.3 Å². The fourth-order valence-electron chi connectivity index (χ4n) is 1.30. The van der Waals surface area contributed by atoms with Crippen molar-refractivity contribution in [2.24, 2.45) is 0 Å². The van der Waals surface area contributed by atoms with Crippen LogP contribution in [0.25, 0.3) is 0 Å². The smallest absolute Gasteiger partial charge is 0.135 e. The largest absolute Gasteiger partial charge is 0.467 e. The van der Waals surface area contributed by atoms with Gasteiger partial charge in [-0.1, -0.05) is 45.2 Å². The molecule has 0 saturated heterocycles. The van der Waals surface area contributed by atoms with Crippen LogP contribution in [0.3, 0.4) is 0 Å². The Balaban J connectivity index is 3.62. The molecule has 0 saturated carbocycles. The summed E-state index contributed by atoms with van der Waals surface area (Å²) < 4.78 is 43.6. The Morgan fingerprint density at radius 3 is 1.57 bits per heavy atom. The first-order chi connectivity index (χ1) is 10.2. The predicted molar refractivity (Wildman–Crippen MR) is 97.3 cm³/mol. The van der Waals surface area contributed by atoms with Crippen molar-refractivity contribution in [3.63, 3.8) is 0 Å². The van der Waals surface area contributed by atoms with Crippen molar-refractivity contribution in [3.05, 3.63) is 24.2 Å². The maximum Gasteiger partial charge on any atom is 0.135 e. The average molecular weight is 530 g/mol. The van der Waals surface area contributed by atoms with Gasteiger partial charge in [-0.3, -0.25) is 0 Å². The number of halogens is 4. The van der Waals surface area contributed by atoms with Crippen molar-refractivity contribution >= 4 is 45.2 Å². The molecule has 3 nitrogen and oxygen atoms in total. The molecule has 0 aromatic carbocycles. The van der Waals surface area contributed by atoms with E-state index in [4.69, 9.17) is 14.2 Å². The van der Waals surface area contributed by atoms with E-state index in [9.17, 15) is 8.78 Å². The molecule has 21 heavy (non-hydrogen) atoms. The minimum absolute atomic E-state index is 0.237. The molecule has 0 bridgehead atoms. The zero-order chi connectivity index (χ0) is 15.8. The molecular formula is C14H22F2I2O3. The summed E-state index contributed by atoms with van der Waals surface area (Å²) in [6, 6.07) is 0. The van der Waals surface area contributed by atoms with Gasteiger partial charge in [-0.15, -0.1) is 0 Å². The van der Waals surface area contributed by atoms with Gasteiger partial charge in [-0.2, -0.15) is 0 Å². The van der Waals surface area contributed by atoms with Crippen LogP contribution in [0.2, 0.25) is 0 Å². The molecule has 0 N–H and O–H groups in total. The van der Waals surface area contributed by atoms with Gasteiger partial charge in [0, 0.05) is 34.9 Å². The third-order valence-corrected chi connectivity index (χ3v) is 3.12. The van der Waals surface area contributed by atoms with Crippen LogP contribution in [0.15, 0.2) is 24.2 Å².